The molecule has 0 bridgehead atoms. The summed E-state index contributed by atoms with van der Waals surface area (Å²) in [5.74, 6) is -1.67. The molecule has 0 radical (unpaired) electrons. The molecule has 4 nitrogen and oxygen atoms in total. The van der Waals surface area contributed by atoms with Crippen molar-refractivity contribution >= 4 is 52.5 Å². The summed E-state index contributed by atoms with van der Waals surface area (Å²) in [5, 5.41) is 2.94. The van der Waals surface area contributed by atoms with Crippen molar-refractivity contribution < 1.29 is 14.0 Å². The minimum atomic E-state index is -0.625. The molecule has 1 fully saturated rings. The number of amides is 2. The molecule has 3 rings (SSSR count). The van der Waals surface area contributed by atoms with Crippen LogP contribution in [0.5, 0.6) is 0 Å². The second-order valence-electron chi connectivity index (χ2n) is 4.99. The molecule has 2 aromatic rings. The number of rotatable bonds is 2. The lowest BCUT2D eigenvalue weighted by atomic mass is 10.1. The van der Waals surface area contributed by atoms with Crippen molar-refractivity contribution in [1.29, 1.82) is 0 Å². The first-order chi connectivity index (χ1) is 11.5. The number of carbonyl (C=O) groups excluding carboxylic acids is 2. The third-order valence-electron chi connectivity index (χ3n) is 3.35. The SMILES string of the molecule is O=C1NC(=S)N(c2ccc(Cl)cc2)C(=O)/C1=C/c1cccc(F)c1. The summed E-state index contributed by atoms with van der Waals surface area (Å²) in [4.78, 5) is 26.0. The van der Waals surface area contributed by atoms with Gasteiger partial charge in [-0.1, -0.05) is 23.7 Å². The van der Waals surface area contributed by atoms with Crippen molar-refractivity contribution in [3.8, 4) is 0 Å². The van der Waals surface area contributed by atoms with E-state index >= 15 is 0 Å². The number of benzene rings is 2. The molecule has 1 aliphatic heterocycles. The molecular weight excluding hydrogens is 351 g/mol. The lowest BCUT2D eigenvalue weighted by Gasteiger charge is -2.28. The second-order valence-corrected chi connectivity index (χ2v) is 5.81. The van der Waals surface area contributed by atoms with E-state index in [0.29, 0.717) is 16.3 Å². The molecule has 0 unspecified atom stereocenters. The molecule has 0 saturated carbocycles. The van der Waals surface area contributed by atoms with E-state index in [0.717, 1.165) is 0 Å². The van der Waals surface area contributed by atoms with Crippen molar-refractivity contribution in [1.82, 2.24) is 5.32 Å². The molecule has 1 aliphatic rings. The number of halogens is 2. The molecular formula is C17H10ClFN2O2S. The van der Waals surface area contributed by atoms with Gasteiger partial charge in [-0.25, -0.2) is 4.39 Å². The minimum Gasteiger partial charge on any atom is -0.298 e. The van der Waals surface area contributed by atoms with Gasteiger partial charge in [0.05, 0.1) is 5.69 Å². The summed E-state index contributed by atoms with van der Waals surface area (Å²) in [6, 6.07) is 12.0. The highest BCUT2D eigenvalue weighted by molar-refractivity contribution is 7.80. The molecule has 2 amide bonds. The molecule has 1 saturated heterocycles. The van der Waals surface area contributed by atoms with E-state index in [1.165, 1.54) is 29.2 Å². The van der Waals surface area contributed by atoms with E-state index in [1.54, 1.807) is 30.3 Å². The maximum absolute atomic E-state index is 13.3. The Labute approximate surface area is 147 Å². The quantitative estimate of drug-likeness (QED) is 0.508. The average molecular weight is 361 g/mol. The highest BCUT2D eigenvalue weighted by Gasteiger charge is 2.34. The number of nitrogens with zero attached hydrogens (tertiary/aromatic N) is 1. The fraction of sp³-hybridized carbons (Fsp3) is 0. The Morgan fingerprint density at radius 2 is 1.83 bits per heavy atom. The molecule has 1 N–H and O–H groups in total. The van der Waals surface area contributed by atoms with E-state index in [9.17, 15) is 14.0 Å². The van der Waals surface area contributed by atoms with Gasteiger partial charge in [-0.15, -0.1) is 0 Å². The Balaban J connectivity index is 2.01. The lowest BCUT2D eigenvalue weighted by Crippen LogP contribution is -2.54. The first kappa shape index (κ1) is 16.3. The van der Waals surface area contributed by atoms with E-state index in [-0.39, 0.29) is 10.7 Å². The van der Waals surface area contributed by atoms with Gasteiger partial charge in [0.2, 0.25) is 0 Å². The largest absolute Gasteiger partial charge is 0.298 e. The van der Waals surface area contributed by atoms with Gasteiger partial charge in [-0.05, 0) is 60.3 Å². The predicted octanol–water partition coefficient (Wildman–Crippen LogP) is 3.31. The van der Waals surface area contributed by atoms with Crippen LogP contribution in [0.2, 0.25) is 5.02 Å². The molecule has 7 heteroatoms. The van der Waals surface area contributed by atoms with Gasteiger partial charge >= 0.3 is 0 Å². The van der Waals surface area contributed by atoms with Gasteiger partial charge in [0.25, 0.3) is 11.8 Å². The van der Waals surface area contributed by atoms with Crippen LogP contribution in [0, 0.1) is 5.82 Å². The van der Waals surface area contributed by atoms with E-state index in [4.69, 9.17) is 23.8 Å². The zero-order valence-corrected chi connectivity index (χ0v) is 13.7. The molecule has 120 valence electrons. The highest BCUT2D eigenvalue weighted by Crippen LogP contribution is 2.23. The van der Waals surface area contributed by atoms with Crippen LogP contribution in [0.3, 0.4) is 0 Å². The minimum absolute atomic E-state index is 0.0243. The van der Waals surface area contributed by atoms with Crippen LogP contribution in [0.15, 0.2) is 54.1 Å². The van der Waals surface area contributed by atoms with Crippen molar-refractivity contribution in [3.05, 3.63) is 70.5 Å². The van der Waals surface area contributed by atoms with Crippen LogP contribution in [0.25, 0.3) is 6.08 Å². The number of nitrogens with one attached hydrogen (secondary N) is 1. The van der Waals surface area contributed by atoms with Gasteiger partial charge in [0.15, 0.2) is 5.11 Å². The van der Waals surface area contributed by atoms with Crippen molar-refractivity contribution in [2.24, 2.45) is 0 Å². The summed E-state index contributed by atoms with van der Waals surface area (Å²) in [7, 11) is 0. The Kier molecular flexibility index (Phi) is 4.42. The molecule has 0 aromatic heterocycles. The van der Waals surface area contributed by atoms with Gasteiger partial charge in [0, 0.05) is 5.02 Å². The monoisotopic (exact) mass is 360 g/mol. The Morgan fingerprint density at radius 3 is 2.50 bits per heavy atom. The summed E-state index contributed by atoms with van der Waals surface area (Å²) in [5.41, 5.74) is 0.737. The molecule has 0 spiro atoms. The summed E-state index contributed by atoms with van der Waals surface area (Å²) in [6.45, 7) is 0. The number of carbonyl (C=O) groups is 2. The van der Waals surface area contributed by atoms with Crippen molar-refractivity contribution in [2.75, 3.05) is 4.90 Å². The van der Waals surface area contributed by atoms with E-state index < -0.39 is 17.6 Å². The maximum Gasteiger partial charge on any atom is 0.270 e. The van der Waals surface area contributed by atoms with Gasteiger partial charge in [-0.3, -0.25) is 19.8 Å². The molecule has 0 aliphatic carbocycles. The fourth-order valence-corrected chi connectivity index (χ4v) is 2.65. The Bertz CT molecular complexity index is 880. The van der Waals surface area contributed by atoms with Crippen molar-refractivity contribution in [3.63, 3.8) is 0 Å². The van der Waals surface area contributed by atoms with Crippen LogP contribution in [0.1, 0.15) is 5.56 Å². The van der Waals surface area contributed by atoms with Crippen LogP contribution in [-0.4, -0.2) is 16.9 Å². The third kappa shape index (κ3) is 3.20. The molecule has 2 aromatic carbocycles. The zero-order chi connectivity index (χ0) is 17.3. The number of anilines is 1. The number of thiocarbonyl (C=S) groups is 1. The van der Waals surface area contributed by atoms with Gasteiger partial charge in [-0.2, -0.15) is 0 Å². The standard InChI is InChI=1S/C17H10ClFN2O2S/c18-11-4-6-13(7-5-11)21-16(23)14(15(22)20-17(21)24)9-10-2-1-3-12(19)8-10/h1-9H,(H,20,22,24)/b14-9+. The van der Waals surface area contributed by atoms with Crippen LogP contribution in [0.4, 0.5) is 10.1 Å². The molecule has 24 heavy (non-hydrogen) atoms. The smallest absolute Gasteiger partial charge is 0.270 e. The summed E-state index contributed by atoms with van der Waals surface area (Å²) in [6.07, 6.45) is 1.32. The van der Waals surface area contributed by atoms with Crippen LogP contribution in [-0.2, 0) is 9.59 Å². The second kappa shape index (κ2) is 6.51. The summed E-state index contributed by atoms with van der Waals surface area (Å²) >= 11 is 10.9. The normalized spacial score (nSPS) is 16.5. The Hall–Kier alpha value is -2.57. The van der Waals surface area contributed by atoms with Gasteiger partial charge < -0.3 is 0 Å². The average Bonchev–Trinajstić information content (AvgIpc) is 2.53. The maximum atomic E-state index is 13.3. The van der Waals surface area contributed by atoms with Crippen molar-refractivity contribution in [2.45, 2.75) is 0 Å². The topological polar surface area (TPSA) is 49.4 Å². The van der Waals surface area contributed by atoms with E-state index in [1.807, 2.05) is 0 Å². The van der Waals surface area contributed by atoms with Gasteiger partial charge in [0.1, 0.15) is 11.4 Å². The first-order valence-electron chi connectivity index (χ1n) is 6.88. The highest BCUT2D eigenvalue weighted by atomic mass is 35.5. The Morgan fingerprint density at radius 1 is 1.12 bits per heavy atom. The van der Waals surface area contributed by atoms with Crippen LogP contribution < -0.4 is 10.2 Å². The fourth-order valence-electron chi connectivity index (χ4n) is 2.25. The summed E-state index contributed by atoms with van der Waals surface area (Å²) < 4.78 is 13.3. The molecule has 0 atom stereocenters. The third-order valence-corrected chi connectivity index (χ3v) is 3.88. The lowest BCUT2D eigenvalue weighted by molar-refractivity contribution is -0.122. The predicted molar refractivity (Wildman–Crippen MR) is 94.1 cm³/mol. The van der Waals surface area contributed by atoms with E-state index in [2.05, 4.69) is 5.32 Å². The number of hydrogen-bond donors (Lipinski definition) is 1. The molecule has 1 heterocycles. The van der Waals surface area contributed by atoms with Crippen LogP contribution >= 0.6 is 23.8 Å². The first-order valence-corrected chi connectivity index (χ1v) is 7.67. The zero-order valence-electron chi connectivity index (χ0n) is 12.1. The number of hydrogen-bond acceptors (Lipinski definition) is 3.